The maximum Gasteiger partial charge on any atom is 0.411 e. The van der Waals surface area contributed by atoms with Crippen molar-refractivity contribution in [2.45, 2.75) is 39.0 Å². The molecule has 1 atom stereocenters. The van der Waals surface area contributed by atoms with Gasteiger partial charge in [-0.1, -0.05) is 30.3 Å². The highest BCUT2D eigenvalue weighted by Crippen LogP contribution is 2.18. The quantitative estimate of drug-likeness (QED) is 0.795. The summed E-state index contributed by atoms with van der Waals surface area (Å²) >= 11 is 0. The third-order valence-electron chi connectivity index (χ3n) is 3.21. The number of likely N-dealkylation sites (tertiary alicyclic amines) is 1. The molecule has 0 bridgehead atoms. The van der Waals surface area contributed by atoms with Gasteiger partial charge in [-0.25, -0.2) is 9.59 Å². The second-order valence-corrected chi connectivity index (χ2v) is 5.41. The van der Waals surface area contributed by atoms with Crippen LogP contribution in [0.1, 0.15) is 25.8 Å². The molecule has 0 saturated carbocycles. The smallest absolute Gasteiger partial charge is 0.411 e. The molecule has 1 aromatic carbocycles. The monoisotopic (exact) mass is 305 g/mol. The summed E-state index contributed by atoms with van der Waals surface area (Å²) in [7, 11) is 0. The second kappa shape index (κ2) is 7.06. The van der Waals surface area contributed by atoms with E-state index in [4.69, 9.17) is 9.47 Å². The van der Waals surface area contributed by atoms with Crippen molar-refractivity contribution in [1.82, 2.24) is 4.90 Å². The molecule has 1 heterocycles. The van der Waals surface area contributed by atoms with E-state index in [1.54, 1.807) is 13.8 Å². The predicted molar refractivity (Wildman–Crippen MR) is 78.0 cm³/mol. The highest BCUT2D eigenvalue weighted by molar-refractivity contribution is 5.95. The second-order valence-electron chi connectivity index (χ2n) is 5.41. The van der Waals surface area contributed by atoms with E-state index in [9.17, 15) is 14.4 Å². The van der Waals surface area contributed by atoms with Crippen molar-refractivity contribution < 1.29 is 23.9 Å². The van der Waals surface area contributed by atoms with E-state index in [1.807, 2.05) is 30.3 Å². The van der Waals surface area contributed by atoms with Crippen LogP contribution in [0.3, 0.4) is 0 Å². The molecule has 2 rings (SSSR count). The molecule has 1 amide bonds. The molecule has 1 saturated heterocycles. The van der Waals surface area contributed by atoms with Crippen LogP contribution in [0.5, 0.6) is 0 Å². The van der Waals surface area contributed by atoms with E-state index in [2.05, 4.69) is 0 Å². The molecule has 1 aliphatic heterocycles. The average molecular weight is 305 g/mol. The van der Waals surface area contributed by atoms with Gasteiger partial charge < -0.3 is 9.47 Å². The van der Waals surface area contributed by atoms with Crippen LogP contribution in [-0.4, -0.2) is 41.4 Å². The van der Waals surface area contributed by atoms with E-state index in [-0.39, 0.29) is 31.5 Å². The molecule has 1 aliphatic rings. The van der Waals surface area contributed by atoms with Crippen molar-refractivity contribution in [3.63, 3.8) is 0 Å². The van der Waals surface area contributed by atoms with E-state index >= 15 is 0 Å². The lowest BCUT2D eigenvalue weighted by atomic mass is 10.2. The first kappa shape index (κ1) is 16.0. The number of hydrogen-bond donors (Lipinski definition) is 0. The maximum absolute atomic E-state index is 12.1. The van der Waals surface area contributed by atoms with Crippen molar-refractivity contribution in [2.75, 3.05) is 6.54 Å². The number of Topliss-reactive ketones (excluding diaryl/α,β-unsaturated/α-hetero) is 1. The van der Waals surface area contributed by atoms with Gasteiger partial charge >= 0.3 is 12.1 Å². The van der Waals surface area contributed by atoms with Crippen molar-refractivity contribution in [2.24, 2.45) is 0 Å². The number of hydrogen-bond acceptors (Lipinski definition) is 5. The predicted octanol–water partition coefficient (Wildman–Crippen LogP) is 1.92. The molecular formula is C16H19NO5. The molecule has 22 heavy (non-hydrogen) atoms. The van der Waals surface area contributed by atoms with Crippen molar-refractivity contribution in [3.8, 4) is 0 Å². The summed E-state index contributed by atoms with van der Waals surface area (Å²) in [6.45, 7) is 3.40. The Labute approximate surface area is 129 Å². The molecule has 0 N–H and O–H groups in total. The van der Waals surface area contributed by atoms with Gasteiger partial charge in [0.25, 0.3) is 0 Å². The Hall–Kier alpha value is -2.37. The zero-order valence-electron chi connectivity index (χ0n) is 12.7. The maximum atomic E-state index is 12.1. The fourth-order valence-corrected chi connectivity index (χ4v) is 2.21. The standard InChI is InChI=1S/C16H19NO5/c1-11(2)22-15(19)14-8-13(18)9-17(14)16(20)21-10-12-6-4-3-5-7-12/h3-7,11,14H,8-10H2,1-2H3/t14-/m0/s1. The molecular weight excluding hydrogens is 286 g/mol. The number of nitrogens with zero attached hydrogens (tertiary/aromatic N) is 1. The van der Waals surface area contributed by atoms with Gasteiger partial charge in [-0.05, 0) is 19.4 Å². The number of ether oxygens (including phenoxy) is 2. The average Bonchev–Trinajstić information content (AvgIpc) is 2.87. The van der Waals surface area contributed by atoms with Gasteiger partial charge in [-0.3, -0.25) is 9.69 Å². The van der Waals surface area contributed by atoms with Gasteiger partial charge in [0, 0.05) is 6.42 Å². The zero-order valence-corrected chi connectivity index (χ0v) is 12.7. The first-order valence-electron chi connectivity index (χ1n) is 7.17. The summed E-state index contributed by atoms with van der Waals surface area (Å²) in [5.74, 6) is -0.750. The molecule has 6 heteroatoms. The molecule has 0 unspecified atom stereocenters. The summed E-state index contributed by atoms with van der Waals surface area (Å²) in [4.78, 5) is 36.8. The number of amides is 1. The van der Waals surface area contributed by atoms with Crippen LogP contribution in [0.4, 0.5) is 4.79 Å². The summed E-state index contributed by atoms with van der Waals surface area (Å²) in [5.41, 5.74) is 0.836. The van der Waals surface area contributed by atoms with Gasteiger partial charge in [0.15, 0.2) is 5.78 Å². The van der Waals surface area contributed by atoms with Crippen LogP contribution >= 0.6 is 0 Å². The lowest BCUT2D eigenvalue weighted by molar-refractivity contribution is -0.152. The van der Waals surface area contributed by atoms with Gasteiger partial charge in [-0.15, -0.1) is 0 Å². The molecule has 0 aromatic heterocycles. The number of rotatable bonds is 4. The number of ketones is 1. The van der Waals surface area contributed by atoms with E-state index in [1.165, 1.54) is 0 Å². The Bertz CT molecular complexity index is 555. The van der Waals surface area contributed by atoms with Crippen LogP contribution < -0.4 is 0 Å². The summed E-state index contributed by atoms with van der Waals surface area (Å²) in [6, 6.07) is 8.30. The third kappa shape index (κ3) is 4.07. The topological polar surface area (TPSA) is 72.9 Å². The molecule has 0 radical (unpaired) electrons. The van der Waals surface area contributed by atoms with Crippen LogP contribution in [-0.2, 0) is 25.7 Å². The van der Waals surface area contributed by atoms with Crippen LogP contribution in [0.25, 0.3) is 0 Å². The minimum Gasteiger partial charge on any atom is -0.461 e. The number of carbonyl (C=O) groups excluding carboxylic acids is 3. The lowest BCUT2D eigenvalue weighted by Gasteiger charge is -2.22. The Morgan fingerprint density at radius 3 is 2.59 bits per heavy atom. The molecule has 6 nitrogen and oxygen atoms in total. The minimum absolute atomic E-state index is 0.0218. The van der Waals surface area contributed by atoms with Crippen molar-refractivity contribution in [3.05, 3.63) is 35.9 Å². The Morgan fingerprint density at radius 2 is 1.95 bits per heavy atom. The minimum atomic E-state index is -0.891. The van der Waals surface area contributed by atoms with Crippen LogP contribution in [0.2, 0.25) is 0 Å². The summed E-state index contributed by atoms with van der Waals surface area (Å²) in [5, 5.41) is 0. The summed E-state index contributed by atoms with van der Waals surface area (Å²) < 4.78 is 10.3. The van der Waals surface area contributed by atoms with Crippen molar-refractivity contribution >= 4 is 17.8 Å². The lowest BCUT2D eigenvalue weighted by Crippen LogP contribution is -2.42. The fraction of sp³-hybridized carbons (Fsp3) is 0.438. The normalized spacial score (nSPS) is 17.7. The number of carbonyl (C=O) groups is 3. The van der Waals surface area contributed by atoms with Crippen LogP contribution in [0.15, 0.2) is 30.3 Å². The third-order valence-corrected chi connectivity index (χ3v) is 3.21. The number of esters is 1. The van der Waals surface area contributed by atoms with Gasteiger partial charge in [0.2, 0.25) is 0 Å². The van der Waals surface area contributed by atoms with Crippen LogP contribution in [0, 0.1) is 0 Å². The van der Waals surface area contributed by atoms with E-state index in [0.717, 1.165) is 10.5 Å². The largest absolute Gasteiger partial charge is 0.461 e. The fourth-order valence-electron chi connectivity index (χ4n) is 2.21. The molecule has 1 aromatic rings. The Morgan fingerprint density at radius 1 is 1.27 bits per heavy atom. The summed E-state index contributed by atoms with van der Waals surface area (Å²) in [6.07, 6.45) is -1.00. The Balaban J connectivity index is 1.97. The SMILES string of the molecule is CC(C)OC(=O)[C@@H]1CC(=O)CN1C(=O)OCc1ccccc1. The van der Waals surface area contributed by atoms with Gasteiger partial charge in [0.05, 0.1) is 12.6 Å². The molecule has 0 aliphatic carbocycles. The number of benzene rings is 1. The molecule has 118 valence electrons. The highest BCUT2D eigenvalue weighted by Gasteiger charge is 2.41. The van der Waals surface area contributed by atoms with Crippen molar-refractivity contribution in [1.29, 1.82) is 0 Å². The van der Waals surface area contributed by atoms with E-state index < -0.39 is 18.1 Å². The molecule has 1 fully saturated rings. The first-order chi connectivity index (χ1) is 10.5. The first-order valence-corrected chi connectivity index (χ1v) is 7.17. The van der Waals surface area contributed by atoms with Gasteiger partial charge in [-0.2, -0.15) is 0 Å². The molecule has 0 spiro atoms. The zero-order chi connectivity index (χ0) is 16.1. The van der Waals surface area contributed by atoms with E-state index in [0.29, 0.717) is 0 Å². The Kier molecular flexibility index (Phi) is 5.14. The highest BCUT2D eigenvalue weighted by atomic mass is 16.6. The van der Waals surface area contributed by atoms with Gasteiger partial charge in [0.1, 0.15) is 12.6 Å².